The summed E-state index contributed by atoms with van der Waals surface area (Å²) < 4.78 is 5.74. The van der Waals surface area contributed by atoms with Crippen LogP contribution in [0.25, 0.3) is 0 Å². The molecule has 2 aromatic carbocycles. The van der Waals surface area contributed by atoms with Gasteiger partial charge in [-0.15, -0.1) is 0 Å². The number of amides is 2. The van der Waals surface area contributed by atoms with Crippen molar-refractivity contribution < 1.29 is 14.3 Å². The SMILES string of the molecule is CC(C)COc1ccccc1C(=O)NC(=S)Nc1ccc(C(=O)N2CCCC2)cc1. The molecule has 0 radical (unpaired) electrons. The molecule has 0 aliphatic carbocycles. The Bertz CT molecular complexity index is 906. The standard InChI is InChI=1S/C23H27N3O3S/c1-16(2)15-29-20-8-4-3-7-19(20)21(27)25-23(30)24-18-11-9-17(10-12-18)22(28)26-13-5-6-14-26/h3-4,7-12,16H,5-6,13-15H2,1-2H3,(H2,24,25,27,30). The minimum atomic E-state index is -0.340. The van der Waals surface area contributed by atoms with Crippen molar-refractivity contribution in [3.63, 3.8) is 0 Å². The van der Waals surface area contributed by atoms with Gasteiger partial charge in [-0.2, -0.15) is 0 Å². The fraction of sp³-hybridized carbons (Fsp3) is 0.348. The van der Waals surface area contributed by atoms with Crippen LogP contribution in [0.2, 0.25) is 0 Å². The first-order valence-corrected chi connectivity index (χ1v) is 10.6. The molecule has 30 heavy (non-hydrogen) atoms. The molecule has 1 aliphatic rings. The number of thiocarbonyl (C=S) groups is 1. The minimum absolute atomic E-state index is 0.0490. The second-order valence-corrected chi connectivity index (χ2v) is 8.09. The van der Waals surface area contributed by atoms with Gasteiger partial charge in [-0.05, 0) is 67.4 Å². The maximum absolute atomic E-state index is 12.6. The molecule has 0 unspecified atom stereocenters. The molecule has 2 aromatic rings. The largest absolute Gasteiger partial charge is 0.492 e. The summed E-state index contributed by atoms with van der Waals surface area (Å²) in [7, 11) is 0. The molecule has 2 amide bonds. The van der Waals surface area contributed by atoms with Crippen molar-refractivity contribution in [1.82, 2.24) is 10.2 Å². The summed E-state index contributed by atoms with van der Waals surface area (Å²) in [6, 6.07) is 14.2. The first-order valence-electron chi connectivity index (χ1n) is 10.2. The van der Waals surface area contributed by atoms with E-state index in [0.717, 1.165) is 25.9 Å². The monoisotopic (exact) mass is 425 g/mol. The number of para-hydroxylation sites is 1. The Kier molecular flexibility index (Phi) is 7.41. The van der Waals surface area contributed by atoms with Crippen LogP contribution in [0.3, 0.4) is 0 Å². The Labute approximate surface area is 182 Å². The summed E-state index contributed by atoms with van der Waals surface area (Å²) in [6.07, 6.45) is 2.12. The number of ether oxygens (including phenoxy) is 1. The van der Waals surface area contributed by atoms with Gasteiger partial charge in [-0.25, -0.2) is 0 Å². The lowest BCUT2D eigenvalue weighted by molar-refractivity contribution is 0.0792. The molecule has 1 fully saturated rings. The zero-order valence-corrected chi connectivity index (χ0v) is 18.1. The lowest BCUT2D eigenvalue weighted by Gasteiger charge is -2.16. The number of likely N-dealkylation sites (tertiary alicyclic amines) is 1. The highest BCUT2D eigenvalue weighted by Gasteiger charge is 2.19. The predicted octanol–water partition coefficient (Wildman–Crippen LogP) is 4.08. The van der Waals surface area contributed by atoms with Crippen LogP contribution >= 0.6 is 12.2 Å². The van der Waals surface area contributed by atoms with E-state index in [1.807, 2.05) is 24.8 Å². The topological polar surface area (TPSA) is 70.7 Å². The first-order chi connectivity index (χ1) is 14.4. The summed E-state index contributed by atoms with van der Waals surface area (Å²) in [4.78, 5) is 26.9. The average Bonchev–Trinajstić information content (AvgIpc) is 3.27. The predicted molar refractivity (Wildman–Crippen MR) is 122 cm³/mol. The van der Waals surface area contributed by atoms with Crippen LogP contribution in [0.4, 0.5) is 5.69 Å². The Morgan fingerprint density at radius 1 is 1.07 bits per heavy atom. The van der Waals surface area contributed by atoms with Crippen molar-refractivity contribution in [2.75, 3.05) is 25.0 Å². The highest BCUT2D eigenvalue weighted by molar-refractivity contribution is 7.80. The number of anilines is 1. The van der Waals surface area contributed by atoms with Crippen LogP contribution < -0.4 is 15.4 Å². The van der Waals surface area contributed by atoms with Crippen molar-refractivity contribution in [1.29, 1.82) is 0 Å². The van der Waals surface area contributed by atoms with Crippen molar-refractivity contribution in [2.45, 2.75) is 26.7 Å². The smallest absolute Gasteiger partial charge is 0.261 e. The zero-order chi connectivity index (χ0) is 21.5. The number of nitrogens with zero attached hydrogens (tertiary/aromatic N) is 1. The Balaban J connectivity index is 1.58. The van der Waals surface area contributed by atoms with Gasteiger partial charge in [0.05, 0.1) is 12.2 Å². The van der Waals surface area contributed by atoms with Gasteiger partial charge in [0.15, 0.2) is 5.11 Å². The van der Waals surface area contributed by atoms with E-state index < -0.39 is 0 Å². The van der Waals surface area contributed by atoms with Gasteiger partial charge in [0.1, 0.15) is 5.75 Å². The maximum atomic E-state index is 12.6. The highest BCUT2D eigenvalue weighted by atomic mass is 32.1. The van der Waals surface area contributed by atoms with E-state index in [-0.39, 0.29) is 16.9 Å². The molecule has 0 bridgehead atoms. The van der Waals surface area contributed by atoms with Gasteiger partial charge >= 0.3 is 0 Å². The summed E-state index contributed by atoms with van der Waals surface area (Å²) in [6.45, 7) is 6.25. The fourth-order valence-electron chi connectivity index (χ4n) is 3.17. The number of benzene rings is 2. The zero-order valence-electron chi connectivity index (χ0n) is 17.3. The quantitative estimate of drug-likeness (QED) is 0.683. The van der Waals surface area contributed by atoms with E-state index in [4.69, 9.17) is 17.0 Å². The Morgan fingerprint density at radius 3 is 2.40 bits per heavy atom. The van der Waals surface area contributed by atoms with Gasteiger partial charge < -0.3 is 15.0 Å². The van der Waals surface area contributed by atoms with Gasteiger partial charge in [0.2, 0.25) is 0 Å². The Morgan fingerprint density at radius 2 is 1.73 bits per heavy atom. The van der Waals surface area contributed by atoms with Crippen molar-refractivity contribution in [3.05, 3.63) is 59.7 Å². The summed E-state index contributed by atoms with van der Waals surface area (Å²) in [5.41, 5.74) is 1.77. The number of carbonyl (C=O) groups excluding carboxylic acids is 2. The van der Waals surface area contributed by atoms with E-state index in [9.17, 15) is 9.59 Å². The molecule has 158 valence electrons. The van der Waals surface area contributed by atoms with Crippen LogP contribution in [0.5, 0.6) is 5.75 Å². The number of rotatable bonds is 6. The van der Waals surface area contributed by atoms with Crippen LogP contribution in [0, 0.1) is 5.92 Å². The normalized spacial score (nSPS) is 13.2. The van der Waals surface area contributed by atoms with Crippen LogP contribution in [-0.2, 0) is 0 Å². The van der Waals surface area contributed by atoms with E-state index >= 15 is 0 Å². The molecule has 2 N–H and O–H groups in total. The molecule has 1 heterocycles. The number of nitrogens with one attached hydrogen (secondary N) is 2. The van der Waals surface area contributed by atoms with Crippen molar-refractivity contribution in [3.8, 4) is 5.75 Å². The van der Waals surface area contributed by atoms with Crippen molar-refractivity contribution >= 4 is 34.8 Å². The Hall–Kier alpha value is -2.93. The third kappa shape index (κ3) is 5.79. The molecule has 0 aromatic heterocycles. The molecule has 3 rings (SSSR count). The van der Waals surface area contributed by atoms with E-state index in [2.05, 4.69) is 10.6 Å². The van der Waals surface area contributed by atoms with E-state index in [0.29, 0.717) is 35.1 Å². The third-order valence-corrected chi connectivity index (χ3v) is 4.92. The molecule has 0 spiro atoms. The fourth-order valence-corrected chi connectivity index (χ4v) is 3.38. The molecule has 6 nitrogen and oxygen atoms in total. The minimum Gasteiger partial charge on any atom is -0.492 e. The summed E-state index contributed by atoms with van der Waals surface area (Å²) >= 11 is 5.27. The second-order valence-electron chi connectivity index (χ2n) is 7.69. The van der Waals surface area contributed by atoms with Gasteiger partial charge in [-0.1, -0.05) is 26.0 Å². The molecular formula is C23H27N3O3S. The second kappa shape index (κ2) is 10.2. The number of hydrogen-bond acceptors (Lipinski definition) is 4. The van der Waals surface area contributed by atoms with Gasteiger partial charge in [-0.3, -0.25) is 14.9 Å². The number of carbonyl (C=O) groups is 2. The molecule has 0 saturated carbocycles. The van der Waals surface area contributed by atoms with E-state index in [1.165, 1.54) is 0 Å². The van der Waals surface area contributed by atoms with Crippen LogP contribution in [0.15, 0.2) is 48.5 Å². The summed E-state index contributed by atoms with van der Waals surface area (Å²) in [5.74, 6) is 0.584. The van der Waals surface area contributed by atoms with Crippen LogP contribution in [0.1, 0.15) is 47.4 Å². The molecule has 1 aliphatic heterocycles. The third-order valence-electron chi connectivity index (χ3n) is 4.71. The van der Waals surface area contributed by atoms with Gasteiger partial charge in [0.25, 0.3) is 11.8 Å². The molecule has 1 saturated heterocycles. The first kappa shape index (κ1) is 21.8. The molecular weight excluding hydrogens is 398 g/mol. The average molecular weight is 426 g/mol. The molecule has 0 atom stereocenters. The maximum Gasteiger partial charge on any atom is 0.261 e. The van der Waals surface area contributed by atoms with Gasteiger partial charge in [0, 0.05) is 24.3 Å². The lowest BCUT2D eigenvalue weighted by atomic mass is 10.2. The molecule has 7 heteroatoms. The highest BCUT2D eigenvalue weighted by Crippen LogP contribution is 2.19. The van der Waals surface area contributed by atoms with Crippen LogP contribution in [-0.4, -0.2) is 41.5 Å². The lowest BCUT2D eigenvalue weighted by Crippen LogP contribution is -2.34. The summed E-state index contributed by atoms with van der Waals surface area (Å²) in [5, 5.41) is 5.84. The van der Waals surface area contributed by atoms with Crippen molar-refractivity contribution in [2.24, 2.45) is 5.92 Å². The number of hydrogen-bond donors (Lipinski definition) is 2. The van der Waals surface area contributed by atoms with E-state index in [1.54, 1.807) is 42.5 Å².